The maximum Gasteiger partial charge on any atom is 0.225 e. The summed E-state index contributed by atoms with van der Waals surface area (Å²) in [5.74, 6) is -0.506. The van der Waals surface area contributed by atoms with Crippen LogP contribution in [0.15, 0.2) is 36.5 Å². The molecule has 3 atom stereocenters. The van der Waals surface area contributed by atoms with Gasteiger partial charge in [0.05, 0.1) is 23.7 Å². The highest BCUT2D eigenvalue weighted by atomic mass is 19.1. The third-order valence-corrected chi connectivity index (χ3v) is 7.98. The van der Waals surface area contributed by atoms with Crippen LogP contribution >= 0.6 is 0 Å². The lowest BCUT2D eigenvalue weighted by molar-refractivity contribution is -0.126. The van der Waals surface area contributed by atoms with Gasteiger partial charge in [0, 0.05) is 37.8 Å². The molecule has 2 aromatic carbocycles. The maximum absolute atomic E-state index is 14.7. The molecule has 2 fully saturated rings. The van der Waals surface area contributed by atoms with Crippen molar-refractivity contribution in [1.82, 2.24) is 20.0 Å². The Morgan fingerprint density at radius 3 is 2.84 bits per heavy atom. The van der Waals surface area contributed by atoms with Gasteiger partial charge in [0.15, 0.2) is 17.3 Å². The topological polar surface area (TPSA) is 92.1 Å². The van der Waals surface area contributed by atoms with Crippen LogP contribution in [0.1, 0.15) is 30.9 Å². The number of benzene rings is 2. The van der Waals surface area contributed by atoms with Gasteiger partial charge in [-0.25, -0.2) is 4.39 Å². The number of fused-ring (bicyclic) bond motifs is 2. The fourth-order valence-electron chi connectivity index (χ4n) is 5.84. The first-order chi connectivity index (χ1) is 18.5. The first-order valence-corrected chi connectivity index (χ1v) is 13.4. The average Bonchev–Trinajstić information content (AvgIpc) is 3.70. The van der Waals surface area contributed by atoms with Crippen LogP contribution in [-0.2, 0) is 11.8 Å². The summed E-state index contributed by atoms with van der Waals surface area (Å²) in [4.78, 5) is 17.9. The van der Waals surface area contributed by atoms with E-state index in [4.69, 9.17) is 9.47 Å². The van der Waals surface area contributed by atoms with Gasteiger partial charge in [-0.2, -0.15) is 5.10 Å². The Balaban J connectivity index is 1.17. The smallest absolute Gasteiger partial charge is 0.225 e. The number of amides is 1. The van der Waals surface area contributed by atoms with Crippen LogP contribution in [0.5, 0.6) is 11.5 Å². The predicted octanol–water partition coefficient (Wildman–Crippen LogP) is 2.62. The Bertz CT molecular complexity index is 1320. The predicted molar refractivity (Wildman–Crippen MR) is 141 cm³/mol. The number of carbonyl (C=O) groups excluding carboxylic acids is 1. The van der Waals surface area contributed by atoms with E-state index >= 15 is 0 Å². The quantitative estimate of drug-likeness (QED) is 0.492. The highest BCUT2D eigenvalue weighted by Gasteiger charge is 2.34. The third-order valence-electron chi connectivity index (χ3n) is 7.98. The van der Waals surface area contributed by atoms with Crippen molar-refractivity contribution >= 4 is 22.5 Å². The summed E-state index contributed by atoms with van der Waals surface area (Å²) in [7, 11) is 1.92. The Kier molecular flexibility index (Phi) is 6.84. The normalized spacial score (nSPS) is 21.1. The number of anilines is 1. The van der Waals surface area contributed by atoms with E-state index < -0.39 is 18.0 Å². The molecule has 38 heavy (non-hydrogen) atoms. The van der Waals surface area contributed by atoms with Crippen molar-refractivity contribution in [3.05, 3.63) is 47.9 Å². The fourth-order valence-corrected chi connectivity index (χ4v) is 5.84. The van der Waals surface area contributed by atoms with Crippen molar-refractivity contribution in [2.24, 2.45) is 13.0 Å². The van der Waals surface area contributed by atoms with Crippen LogP contribution < -0.4 is 19.7 Å². The Morgan fingerprint density at radius 2 is 2.00 bits per heavy atom. The molecular weight excluding hydrogens is 489 g/mol. The third kappa shape index (κ3) is 4.90. The van der Waals surface area contributed by atoms with Crippen molar-refractivity contribution < 1.29 is 23.8 Å². The number of ether oxygens (including phenoxy) is 2. The van der Waals surface area contributed by atoms with E-state index in [1.54, 1.807) is 6.07 Å². The van der Waals surface area contributed by atoms with Gasteiger partial charge in [0.25, 0.3) is 0 Å². The van der Waals surface area contributed by atoms with E-state index in [9.17, 15) is 14.3 Å². The maximum atomic E-state index is 14.7. The molecule has 0 aliphatic carbocycles. The number of aryl methyl sites for hydroxylation is 1. The van der Waals surface area contributed by atoms with E-state index in [0.29, 0.717) is 25.3 Å². The molecule has 1 amide bonds. The average molecular weight is 524 g/mol. The van der Waals surface area contributed by atoms with Crippen molar-refractivity contribution in [1.29, 1.82) is 0 Å². The Hall–Kier alpha value is -3.37. The number of likely N-dealkylation sites (tertiary alicyclic amines) is 1. The number of nitrogens with zero attached hydrogens (tertiary/aromatic N) is 4. The van der Waals surface area contributed by atoms with Crippen LogP contribution in [0.4, 0.5) is 10.1 Å². The largest absolute Gasteiger partial charge is 0.486 e. The molecule has 3 aromatic rings. The highest BCUT2D eigenvalue weighted by molar-refractivity contribution is 5.84. The molecule has 2 N–H and O–H groups in total. The number of halogens is 1. The van der Waals surface area contributed by atoms with Crippen molar-refractivity contribution in [3.8, 4) is 11.5 Å². The van der Waals surface area contributed by atoms with Gasteiger partial charge in [-0.1, -0.05) is 0 Å². The summed E-state index contributed by atoms with van der Waals surface area (Å²) >= 11 is 0. The van der Waals surface area contributed by atoms with E-state index in [-0.39, 0.29) is 29.9 Å². The zero-order valence-corrected chi connectivity index (χ0v) is 21.6. The van der Waals surface area contributed by atoms with Gasteiger partial charge in [0.1, 0.15) is 19.3 Å². The first-order valence-electron chi connectivity index (χ1n) is 13.4. The Labute approximate surface area is 221 Å². The second-order valence-corrected chi connectivity index (χ2v) is 10.5. The SMILES string of the molecule is Cn1ncc2ccc(N3CCC(C(=O)N[C@H](CN4CCCC4)[C@H](O)c4cc(F)c5c(c4)OCCO5)C3)cc21. The lowest BCUT2D eigenvalue weighted by Crippen LogP contribution is -2.48. The number of aliphatic hydroxyl groups is 1. The number of rotatable bonds is 7. The minimum atomic E-state index is -1.09. The zero-order valence-electron chi connectivity index (χ0n) is 21.6. The second kappa shape index (κ2) is 10.4. The number of aromatic nitrogens is 2. The molecule has 0 saturated carbocycles. The standard InChI is InChI=1S/C28H34FN5O4/c1-32-24-14-21(5-4-18(24)15-30-32)34-9-6-19(16-34)28(36)31-23(17-33-7-2-3-8-33)26(35)20-12-22(29)27-25(13-20)37-10-11-38-27/h4-5,12-15,19,23,26,35H,2-3,6-11,16-17H2,1H3,(H,31,36)/t19?,23-,26-/m1/s1. The van der Waals surface area contributed by atoms with Gasteiger partial charge in [0.2, 0.25) is 5.91 Å². The molecule has 202 valence electrons. The van der Waals surface area contributed by atoms with Crippen molar-refractivity contribution in [2.75, 3.05) is 50.8 Å². The molecule has 9 nitrogen and oxygen atoms in total. The molecule has 1 unspecified atom stereocenters. The Morgan fingerprint density at radius 1 is 1.18 bits per heavy atom. The number of hydrogen-bond acceptors (Lipinski definition) is 7. The molecule has 6 rings (SSSR count). The molecule has 10 heteroatoms. The van der Waals surface area contributed by atoms with Gasteiger partial charge in [-0.15, -0.1) is 0 Å². The van der Waals surface area contributed by atoms with Crippen LogP contribution in [-0.4, -0.2) is 77.7 Å². The summed E-state index contributed by atoms with van der Waals surface area (Å²) < 4.78 is 27.6. The lowest BCUT2D eigenvalue weighted by atomic mass is 9.99. The summed E-state index contributed by atoms with van der Waals surface area (Å²) in [5, 5.41) is 19.9. The first kappa shape index (κ1) is 24.9. The molecule has 0 radical (unpaired) electrons. The van der Waals surface area contributed by atoms with E-state index in [2.05, 4.69) is 38.4 Å². The van der Waals surface area contributed by atoms with E-state index in [1.165, 1.54) is 6.07 Å². The molecule has 3 aliphatic rings. The minimum absolute atomic E-state index is 0.0719. The second-order valence-electron chi connectivity index (χ2n) is 10.5. The summed E-state index contributed by atoms with van der Waals surface area (Å²) in [6, 6.07) is 8.56. The monoisotopic (exact) mass is 523 g/mol. The summed E-state index contributed by atoms with van der Waals surface area (Å²) in [6.07, 6.45) is 3.66. The summed E-state index contributed by atoms with van der Waals surface area (Å²) in [6.45, 7) is 4.31. The minimum Gasteiger partial charge on any atom is -0.486 e. The van der Waals surface area contributed by atoms with Crippen molar-refractivity contribution in [3.63, 3.8) is 0 Å². The van der Waals surface area contributed by atoms with Gasteiger partial charge in [-0.3, -0.25) is 9.48 Å². The molecule has 2 saturated heterocycles. The zero-order chi connectivity index (χ0) is 26.2. The number of aliphatic hydroxyl groups excluding tert-OH is 1. The molecular formula is C28H34FN5O4. The van der Waals surface area contributed by atoms with E-state index in [0.717, 1.165) is 55.5 Å². The lowest BCUT2D eigenvalue weighted by Gasteiger charge is -2.30. The fraction of sp³-hybridized carbons (Fsp3) is 0.500. The highest BCUT2D eigenvalue weighted by Crippen LogP contribution is 2.36. The van der Waals surface area contributed by atoms with Crippen molar-refractivity contribution in [2.45, 2.75) is 31.4 Å². The van der Waals surface area contributed by atoms with Crippen LogP contribution in [0.25, 0.3) is 10.9 Å². The van der Waals surface area contributed by atoms with Gasteiger partial charge >= 0.3 is 0 Å². The molecule has 3 aliphatic heterocycles. The van der Waals surface area contributed by atoms with Crippen LogP contribution in [0.2, 0.25) is 0 Å². The number of nitrogens with one attached hydrogen (secondary N) is 1. The molecule has 4 heterocycles. The van der Waals surface area contributed by atoms with Gasteiger partial charge < -0.3 is 29.7 Å². The number of carbonyl (C=O) groups is 1. The molecule has 1 aromatic heterocycles. The van der Waals surface area contributed by atoms with Crippen LogP contribution in [0, 0.1) is 11.7 Å². The molecule has 0 spiro atoms. The van der Waals surface area contributed by atoms with Crippen LogP contribution in [0.3, 0.4) is 0 Å². The molecule has 0 bridgehead atoms. The van der Waals surface area contributed by atoms with Gasteiger partial charge in [-0.05, 0) is 68.2 Å². The number of hydrogen-bond donors (Lipinski definition) is 2. The summed E-state index contributed by atoms with van der Waals surface area (Å²) in [5.41, 5.74) is 2.49. The van der Waals surface area contributed by atoms with E-state index in [1.807, 2.05) is 17.9 Å².